The Kier molecular flexibility index (Phi) is 3.12. The van der Waals surface area contributed by atoms with Crippen LogP contribution in [0, 0.1) is 6.92 Å². The zero-order valence-corrected chi connectivity index (χ0v) is 11.3. The molecule has 0 radical (unpaired) electrons. The minimum absolute atomic E-state index is 0.0647. The molecule has 2 atom stereocenters. The molecule has 102 valence electrons. The quantitative estimate of drug-likeness (QED) is 0.857. The van der Waals surface area contributed by atoms with E-state index in [0.29, 0.717) is 6.54 Å². The first-order chi connectivity index (χ1) is 9.17. The molecule has 0 amide bonds. The van der Waals surface area contributed by atoms with E-state index in [1.165, 1.54) is 0 Å². The molecule has 2 aromatic heterocycles. The summed E-state index contributed by atoms with van der Waals surface area (Å²) in [5.41, 5.74) is 7.76. The highest BCUT2D eigenvalue weighted by Crippen LogP contribution is 2.23. The topological polar surface area (TPSA) is 68.7 Å². The smallest absolute Gasteiger partial charge is 0.154 e. The summed E-state index contributed by atoms with van der Waals surface area (Å²) in [5, 5.41) is 4.42. The molecule has 6 nitrogen and oxygen atoms in total. The van der Waals surface area contributed by atoms with Crippen LogP contribution in [-0.2, 0) is 4.74 Å². The van der Waals surface area contributed by atoms with Gasteiger partial charge < -0.3 is 15.4 Å². The summed E-state index contributed by atoms with van der Waals surface area (Å²) in [4.78, 5) is 6.75. The van der Waals surface area contributed by atoms with E-state index in [1.54, 1.807) is 6.20 Å². The summed E-state index contributed by atoms with van der Waals surface area (Å²) >= 11 is 0. The molecule has 6 heteroatoms. The van der Waals surface area contributed by atoms with E-state index in [9.17, 15) is 0 Å². The molecule has 1 saturated heterocycles. The van der Waals surface area contributed by atoms with E-state index in [-0.39, 0.29) is 12.2 Å². The number of aromatic nitrogens is 3. The molecule has 0 spiro atoms. The molecule has 0 saturated carbocycles. The molecule has 1 aliphatic heterocycles. The van der Waals surface area contributed by atoms with E-state index >= 15 is 0 Å². The van der Waals surface area contributed by atoms with Crippen LogP contribution in [0.1, 0.15) is 12.6 Å². The summed E-state index contributed by atoms with van der Waals surface area (Å²) < 4.78 is 7.66. The van der Waals surface area contributed by atoms with Gasteiger partial charge in [-0.05, 0) is 19.9 Å². The van der Waals surface area contributed by atoms with E-state index < -0.39 is 0 Å². The van der Waals surface area contributed by atoms with Crippen LogP contribution in [0.2, 0.25) is 0 Å². The van der Waals surface area contributed by atoms with E-state index in [4.69, 9.17) is 10.5 Å². The van der Waals surface area contributed by atoms with Crippen LogP contribution >= 0.6 is 0 Å². The SMILES string of the molecule is Cc1cc2c(N3CC(C)OC(CN)C3)nccn2n1. The van der Waals surface area contributed by atoms with Crippen molar-refractivity contribution < 1.29 is 4.74 Å². The van der Waals surface area contributed by atoms with Gasteiger partial charge in [0.05, 0.1) is 17.9 Å². The number of hydrogen-bond donors (Lipinski definition) is 1. The van der Waals surface area contributed by atoms with E-state index in [1.807, 2.05) is 17.6 Å². The maximum absolute atomic E-state index is 5.79. The largest absolute Gasteiger partial charge is 0.370 e. The molecule has 0 bridgehead atoms. The summed E-state index contributed by atoms with van der Waals surface area (Å²) in [6.07, 6.45) is 3.88. The van der Waals surface area contributed by atoms with Crippen LogP contribution in [-0.4, -0.2) is 46.4 Å². The summed E-state index contributed by atoms with van der Waals surface area (Å²) in [7, 11) is 0. The van der Waals surface area contributed by atoms with Gasteiger partial charge in [0.2, 0.25) is 0 Å². The Hall–Kier alpha value is -1.66. The highest BCUT2D eigenvalue weighted by atomic mass is 16.5. The molecule has 2 aromatic rings. The first kappa shape index (κ1) is 12.4. The van der Waals surface area contributed by atoms with Crippen LogP contribution in [0.15, 0.2) is 18.5 Å². The van der Waals surface area contributed by atoms with Crippen molar-refractivity contribution in [2.75, 3.05) is 24.5 Å². The van der Waals surface area contributed by atoms with Crippen molar-refractivity contribution in [3.8, 4) is 0 Å². The molecule has 0 aromatic carbocycles. The van der Waals surface area contributed by atoms with Crippen molar-refractivity contribution in [2.24, 2.45) is 5.73 Å². The molecule has 3 heterocycles. The van der Waals surface area contributed by atoms with Crippen LogP contribution < -0.4 is 10.6 Å². The standard InChI is InChI=1S/C13H19N5O/c1-9-5-12-13(15-3-4-18(12)16-9)17-7-10(2)19-11(6-14)8-17/h3-5,10-11H,6-8,14H2,1-2H3. The lowest BCUT2D eigenvalue weighted by atomic mass is 10.2. The number of aryl methyl sites for hydroxylation is 1. The highest BCUT2D eigenvalue weighted by molar-refractivity contribution is 5.69. The predicted molar refractivity (Wildman–Crippen MR) is 73.3 cm³/mol. The Bertz CT molecular complexity index is 581. The van der Waals surface area contributed by atoms with Gasteiger partial charge in [-0.3, -0.25) is 0 Å². The Balaban J connectivity index is 1.98. The number of nitrogens with zero attached hydrogens (tertiary/aromatic N) is 4. The van der Waals surface area contributed by atoms with Gasteiger partial charge in [-0.1, -0.05) is 0 Å². The lowest BCUT2D eigenvalue weighted by Crippen LogP contribution is -2.49. The maximum Gasteiger partial charge on any atom is 0.154 e. The zero-order valence-electron chi connectivity index (χ0n) is 11.3. The van der Waals surface area contributed by atoms with E-state index in [0.717, 1.165) is 30.1 Å². The summed E-state index contributed by atoms with van der Waals surface area (Å²) in [6, 6.07) is 2.06. The normalized spacial score (nSPS) is 24.1. The van der Waals surface area contributed by atoms with Gasteiger partial charge in [0.1, 0.15) is 5.52 Å². The molecule has 1 aliphatic rings. The minimum Gasteiger partial charge on any atom is -0.370 e. The van der Waals surface area contributed by atoms with Crippen LogP contribution in [0.3, 0.4) is 0 Å². The third-order valence-corrected chi connectivity index (χ3v) is 3.38. The first-order valence-electron chi connectivity index (χ1n) is 6.59. The Morgan fingerprint density at radius 3 is 3.11 bits per heavy atom. The van der Waals surface area contributed by atoms with Crippen molar-refractivity contribution in [3.05, 3.63) is 24.2 Å². The Labute approximate surface area is 112 Å². The predicted octanol–water partition coefficient (Wildman–Crippen LogP) is 0.590. The third-order valence-electron chi connectivity index (χ3n) is 3.38. The van der Waals surface area contributed by atoms with Gasteiger partial charge in [0.25, 0.3) is 0 Å². The molecule has 0 aliphatic carbocycles. The Morgan fingerprint density at radius 2 is 2.32 bits per heavy atom. The van der Waals surface area contributed by atoms with Crippen LogP contribution in [0.25, 0.3) is 5.52 Å². The van der Waals surface area contributed by atoms with Crippen molar-refractivity contribution in [1.82, 2.24) is 14.6 Å². The molecule has 19 heavy (non-hydrogen) atoms. The van der Waals surface area contributed by atoms with Crippen molar-refractivity contribution in [3.63, 3.8) is 0 Å². The number of ether oxygens (including phenoxy) is 1. The molecule has 1 fully saturated rings. The second-order valence-corrected chi connectivity index (χ2v) is 5.08. The van der Waals surface area contributed by atoms with Crippen molar-refractivity contribution >= 4 is 11.3 Å². The lowest BCUT2D eigenvalue weighted by molar-refractivity contribution is -0.0106. The first-order valence-corrected chi connectivity index (χ1v) is 6.59. The van der Waals surface area contributed by atoms with Crippen LogP contribution in [0.5, 0.6) is 0 Å². The van der Waals surface area contributed by atoms with Crippen LogP contribution in [0.4, 0.5) is 5.82 Å². The highest BCUT2D eigenvalue weighted by Gasteiger charge is 2.26. The molecular weight excluding hydrogens is 242 g/mol. The van der Waals surface area contributed by atoms with Gasteiger partial charge in [0.15, 0.2) is 5.82 Å². The third kappa shape index (κ3) is 2.29. The molecular formula is C13H19N5O. The number of rotatable bonds is 2. The fourth-order valence-electron chi connectivity index (χ4n) is 2.62. The number of nitrogens with two attached hydrogens (primary N) is 1. The number of morpholine rings is 1. The van der Waals surface area contributed by atoms with Crippen molar-refractivity contribution in [2.45, 2.75) is 26.1 Å². The number of hydrogen-bond acceptors (Lipinski definition) is 5. The fourth-order valence-corrected chi connectivity index (χ4v) is 2.62. The van der Waals surface area contributed by atoms with Gasteiger partial charge in [-0.25, -0.2) is 9.50 Å². The fraction of sp³-hybridized carbons (Fsp3) is 0.538. The molecule has 2 N–H and O–H groups in total. The number of fused-ring (bicyclic) bond motifs is 1. The average molecular weight is 261 g/mol. The number of anilines is 1. The van der Waals surface area contributed by atoms with Gasteiger partial charge in [-0.15, -0.1) is 0 Å². The average Bonchev–Trinajstić information content (AvgIpc) is 2.77. The van der Waals surface area contributed by atoms with Gasteiger partial charge in [-0.2, -0.15) is 5.10 Å². The molecule has 3 rings (SSSR count). The second kappa shape index (κ2) is 4.79. The zero-order chi connectivity index (χ0) is 13.4. The minimum atomic E-state index is 0.0647. The summed E-state index contributed by atoms with van der Waals surface area (Å²) in [6.45, 7) is 6.19. The maximum atomic E-state index is 5.79. The summed E-state index contributed by atoms with van der Waals surface area (Å²) in [5.74, 6) is 0.955. The lowest BCUT2D eigenvalue weighted by Gasteiger charge is -2.37. The van der Waals surface area contributed by atoms with E-state index in [2.05, 4.69) is 28.0 Å². The van der Waals surface area contributed by atoms with Crippen molar-refractivity contribution in [1.29, 1.82) is 0 Å². The monoisotopic (exact) mass is 261 g/mol. The second-order valence-electron chi connectivity index (χ2n) is 5.08. The molecule has 2 unspecified atom stereocenters. The van der Waals surface area contributed by atoms with Gasteiger partial charge >= 0.3 is 0 Å². The Morgan fingerprint density at radius 1 is 1.47 bits per heavy atom. The van der Waals surface area contributed by atoms with Gasteiger partial charge in [0, 0.05) is 32.0 Å².